The van der Waals surface area contributed by atoms with Gasteiger partial charge in [0.1, 0.15) is 10.4 Å². The fourth-order valence-corrected chi connectivity index (χ4v) is 4.17. The van der Waals surface area contributed by atoms with Crippen LogP contribution >= 0.6 is 11.8 Å². The van der Waals surface area contributed by atoms with E-state index in [-0.39, 0.29) is 40.3 Å². The predicted molar refractivity (Wildman–Crippen MR) is 120 cm³/mol. The van der Waals surface area contributed by atoms with Crippen LogP contribution in [-0.2, 0) is 18.9 Å². The monoisotopic (exact) mass is 467 g/mol. The Morgan fingerprint density at radius 2 is 1.94 bits per heavy atom. The number of aromatic nitrogens is 4. The van der Waals surface area contributed by atoms with E-state index in [1.165, 1.54) is 24.9 Å². The number of benzene rings is 1. The third kappa shape index (κ3) is 3.74. The van der Waals surface area contributed by atoms with Crippen LogP contribution in [0.15, 0.2) is 55.6 Å². The number of thioether (sulfide) groups is 1. The summed E-state index contributed by atoms with van der Waals surface area (Å²) in [6.07, 6.45) is 1.47. The Morgan fingerprint density at radius 1 is 1.12 bits per heavy atom. The lowest BCUT2D eigenvalue weighted by molar-refractivity contribution is -0.113. The number of nitrogens with one attached hydrogen (secondary N) is 1. The molecule has 0 spiro atoms. The Bertz CT molecular complexity index is 1510. The van der Waals surface area contributed by atoms with Crippen LogP contribution in [0.3, 0.4) is 0 Å². The van der Waals surface area contributed by atoms with Crippen LogP contribution in [-0.4, -0.2) is 37.6 Å². The summed E-state index contributed by atoms with van der Waals surface area (Å²) in [5.74, 6) is 1.39. The molecule has 0 bridgehead atoms. The van der Waals surface area contributed by atoms with Crippen molar-refractivity contribution in [2.45, 2.75) is 5.03 Å². The maximum absolute atomic E-state index is 12.9. The highest BCUT2D eigenvalue weighted by atomic mass is 32.2. The average Bonchev–Trinajstić information content (AvgIpc) is 3.51. The van der Waals surface area contributed by atoms with Gasteiger partial charge in [-0.1, -0.05) is 11.8 Å². The fraction of sp³-hybridized carbons (Fsp3) is 0.190. The Hall–Kier alpha value is -4.06. The van der Waals surface area contributed by atoms with E-state index < -0.39 is 11.2 Å². The van der Waals surface area contributed by atoms with Crippen molar-refractivity contribution in [3.05, 3.63) is 57.4 Å². The highest BCUT2D eigenvalue weighted by Gasteiger charge is 2.20. The third-order valence-corrected chi connectivity index (χ3v) is 5.98. The zero-order chi connectivity index (χ0) is 23.1. The first kappa shape index (κ1) is 20.8. The molecule has 168 valence electrons. The van der Waals surface area contributed by atoms with Gasteiger partial charge in [0.15, 0.2) is 28.7 Å². The normalized spacial score (nSPS) is 12.3. The molecule has 0 aliphatic carbocycles. The zero-order valence-corrected chi connectivity index (χ0v) is 18.3. The summed E-state index contributed by atoms with van der Waals surface area (Å²) in [5.41, 5.74) is -0.360. The number of nitrogens with zero attached hydrogens (tertiary/aromatic N) is 4. The zero-order valence-electron chi connectivity index (χ0n) is 17.5. The van der Waals surface area contributed by atoms with Gasteiger partial charge in [0.05, 0.1) is 12.0 Å². The van der Waals surface area contributed by atoms with Crippen molar-refractivity contribution in [3.8, 4) is 23.1 Å². The van der Waals surface area contributed by atoms with E-state index in [4.69, 9.17) is 13.9 Å². The van der Waals surface area contributed by atoms with E-state index in [0.29, 0.717) is 22.9 Å². The summed E-state index contributed by atoms with van der Waals surface area (Å²) in [5, 5.41) is 3.20. The molecule has 0 unspecified atom stereocenters. The number of rotatable bonds is 5. The van der Waals surface area contributed by atoms with Crippen LogP contribution in [0.5, 0.6) is 11.5 Å². The molecule has 0 fully saturated rings. The van der Waals surface area contributed by atoms with Gasteiger partial charge in [0.25, 0.3) is 5.56 Å². The summed E-state index contributed by atoms with van der Waals surface area (Å²) in [7, 11) is 2.90. The number of amides is 1. The molecule has 1 aliphatic heterocycles. The first-order valence-corrected chi connectivity index (χ1v) is 10.7. The van der Waals surface area contributed by atoms with E-state index in [1.807, 2.05) is 0 Å². The maximum atomic E-state index is 12.9. The van der Waals surface area contributed by atoms with Crippen molar-refractivity contribution in [1.29, 1.82) is 0 Å². The smallest absolute Gasteiger partial charge is 0.332 e. The fourth-order valence-electron chi connectivity index (χ4n) is 3.35. The van der Waals surface area contributed by atoms with E-state index in [2.05, 4.69) is 15.3 Å². The van der Waals surface area contributed by atoms with Gasteiger partial charge < -0.3 is 19.2 Å². The van der Waals surface area contributed by atoms with Crippen LogP contribution in [0.1, 0.15) is 0 Å². The van der Waals surface area contributed by atoms with Crippen molar-refractivity contribution in [2.24, 2.45) is 14.1 Å². The molecule has 3 aromatic heterocycles. The average molecular weight is 467 g/mol. The molecule has 11 nitrogen and oxygen atoms in total. The second-order valence-corrected chi connectivity index (χ2v) is 8.10. The van der Waals surface area contributed by atoms with Gasteiger partial charge in [-0.3, -0.25) is 18.7 Å². The topological polar surface area (TPSA) is 130 Å². The van der Waals surface area contributed by atoms with Crippen molar-refractivity contribution >= 4 is 34.4 Å². The predicted octanol–water partition coefficient (Wildman–Crippen LogP) is 1.75. The van der Waals surface area contributed by atoms with Gasteiger partial charge in [0.2, 0.25) is 12.7 Å². The van der Waals surface area contributed by atoms with Gasteiger partial charge in [-0.15, -0.1) is 0 Å². The van der Waals surface area contributed by atoms with E-state index >= 15 is 0 Å². The van der Waals surface area contributed by atoms with Gasteiger partial charge in [-0.05, 0) is 24.3 Å². The molecular weight excluding hydrogens is 450 g/mol. The number of aryl methyl sites for hydroxylation is 1. The number of fused-ring (bicyclic) bond motifs is 2. The number of anilines is 1. The van der Waals surface area contributed by atoms with Gasteiger partial charge >= 0.3 is 5.69 Å². The van der Waals surface area contributed by atoms with Crippen molar-refractivity contribution < 1.29 is 18.7 Å². The lowest BCUT2D eigenvalue weighted by atomic mass is 10.3. The highest BCUT2D eigenvalue weighted by molar-refractivity contribution is 8.00. The molecule has 1 amide bonds. The van der Waals surface area contributed by atoms with Crippen LogP contribution in [0.25, 0.3) is 22.6 Å². The molecule has 0 saturated heterocycles. The Labute approximate surface area is 190 Å². The van der Waals surface area contributed by atoms with Gasteiger partial charge in [-0.2, -0.15) is 0 Å². The minimum Gasteiger partial charge on any atom is -0.461 e. The van der Waals surface area contributed by atoms with Crippen molar-refractivity contribution in [1.82, 2.24) is 19.1 Å². The molecule has 0 saturated carbocycles. The van der Waals surface area contributed by atoms with E-state index in [1.54, 1.807) is 30.3 Å². The molecule has 4 aromatic rings. The molecule has 12 heteroatoms. The molecule has 1 N–H and O–H groups in total. The van der Waals surface area contributed by atoms with Crippen LogP contribution in [0, 0.1) is 0 Å². The summed E-state index contributed by atoms with van der Waals surface area (Å²) in [6.45, 7) is 0.138. The van der Waals surface area contributed by atoms with Crippen molar-refractivity contribution in [2.75, 3.05) is 17.9 Å². The number of ether oxygens (including phenoxy) is 2. The SMILES string of the molecule is Cn1c(=O)c2c(SCC(=O)Nc3ccc4c(c3)OCO4)nc(-c3ccco3)nc2n(C)c1=O. The molecule has 0 radical (unpaired) electrons. The molecule has 0 atom stereocenters. The van der Waals surface area contributed by atoms with Crippen molar-refractivity contribution in [3.63, 3.8) is 0 Å². The van der Waals surface area contributed by atoms with Crippen LogP contribution < -0.4 is 26.0 Å². The first-order valence-electron chi connectivity index (χ1n) is 9.76. The standard InChI is InChI=1S/C21H17N5O6S/c1-25-18-16(20(28)26(2)21(25)29)19(24-17(23-18)13-4-3-7-30-13)33-9-15(27)22-11-5-6-12-14(8-11)32-10-31-12/h3-8H,9-10H2,1-2H3,(H,22,27). The minimum atomic E-state index is -0.544. The van der Waals surface area contributed by atoms with E-state index in [9.17, 15) is 14.4 Å². The lowest BCUT2D eigenvalue weighted by Gasteiger charge is -2.11. The quantitative estimate of drug-likeness (QED) is 0.344. The van der Waals surface area contributed by atoms with Gasteiger partial charge in [0, 0.05) is 25.8 Å². The molecule has 33 heavy (non-hydrogen) atoms. The number of hydrogen-bond acceptors (Lipinski definition) is 9. The summed E-state index contributed by atoms with van der Waals surface area (Å²) in [6, 6.07) is 8.43. The second-order valence-electron chi connectivity index (χ2n) is 7.14. The largest absolute Gasteiger partial charge is 0.461 e. The number of furan rings is 1. The Morgan fingerprint density at radius 3 is 2.73 bits per heavy atom. The third-order valence-electron chi connectivity index (χ3n) is 5.00. The lowest BCUT2D eigenvalue weighted by Crippen LogP contribution is -2.37. The second kappa shape index (κ2) is 8.13. The van der Waals surface area contributed by atoms with Crippen LogP contribution in [0.4, 0.5) is 5.69 Å². The Balaban J connectivity index is 1.48. The van der Waals surface area contributed by atoms with Gasteiger partial charge in [-0.25, -0.2) is 14.8 Å². The number of carbonyl (C=O) groups excluding carboxylic acids is 1. The molecule has 5 rings (SSSR count). The molecule has 4 heterocycles. The summed E-state index contributed by atoms with van der Waals surface area (Å²) in [4.78, 5) is 46.7. The minimum absolute atomic E-state index is 0.0376. The highest BCUT2D eigenvalue weighted by Crippen LogP contribution is 2.34. The maximum Gasteiger partial charge on any atom is 0.332 e. The molecule has 1 aliphatic rings. The number of hydrogen-bond donors (Lipinski definition) is 1. The molecule has 1 aromatic carbocycles. The number of carbonyl (C=O) groups is 1. The first-order chi connectivity index (χ1) is 15.9. The van der Waals surface area contributed by atoms with E-state index in [0.717, 1.165) is 16.3 Å². The molecular formula is C21H17N5O6S. The van der Waals surface area contributed by atoms with Crippen LogP contribution in [0.2, 0.25) is 0 Å². The Kier molecular flexibility index (Phi) is 5.13. The summed E-state index contributed by atoms with van der Waals surface area (Å²) < 4.78 is 18.2. The summed E-state index contributed by atoms with van der Waals surface area (Å²) >= 11 is 1.06.